The molecule has 1 aromatic carbocycles. The van der Waals surface area contributed by atoms with E-state index < -0.39 is 0 Å². The molecule has 2 rings (SSSR count). The third kappa shape index (κ3) is 2.96. The van der Waals surface area contributed by atoms with E-state index in [1.54, 1.807) is 18.4 Å². The lowest BCUT2D eigenvalue weighted by Gasteiger charge is -2.17. The average molecular weight is 262 g/mol. The Balaban J connectivity index is 2.05. The van der Waals surface area contributed by atoms with Crippen molar-refractivity contribution in [3.63, 3.8) is 0 Å². The zero-order chi connectivity index (χ0) is 13.0. The number of nitrogens with one attached hydrogen (secondary N) is 1. The van der Waals surface area contributed by atoms with Crippen LogP contribution in [0.4, 0.5) is 11.4 Å². The van der Waals surface area contributed by atoms with Gasteiger partial charge in [-0.3, -0.25) is 0 Å². The number of para-hydroxylation sites is 1. The molecule has 1 heterocycles. The highest BCUT2D eigenvalue weighted by molar-refractivity contribution is 7.07. The number of nitrogens with two attached hydrogens (primary N) is 1. The largest absolute Gasteiger partial charge is 0.495 e. The van der Waals surface area contributed by atoms with E-state index in [2.05, 4.69) is 29.1 Å². The fraction of sp³-hybridized carbons (Fsp3) is 0.286. The summed E-state index contributed by atoms with van der Waals surface area (Å²) in [5, 5.41) is 7.70. The molecule has 1 unspecified atom stereocenters. The molecule has 0 aliphatic heterocycles. The Labute approximate surface area is 112 Å². The van der Waals surface area contributed by atoms with E-state index >= 15 is 0 Å². The van der Waals surface area contributed by atoms with Crippen molar-refractivity contribution in [3.05, 3.63) is 40.6 Å². The third-order valence-corrected chi connectivity index (χ3v) is 3.54. The molecule has 4 heteroatoms. The smallest absolute Gasteiger partial charge is 0.143 e. The van der Waals surface area contributed by atoms with Crippen molar-refractivity contribution in [2.75, 3.05) is 18.2 Å². The van der Waals surface area contributed by atoms with Gasteiger partial charge in [-0.2, -0.15) is 11.3 Å². The Morgan fingerprint density at radius 3 is 2.89 bits per heavy atom. The van der Waals surface area contributed by atoms with Crippen molar-refractivity contribution in [3.8, 4) is 5.75 Å². The summed E-state index contributed by atoms with van der Waals surface area (Å²) >= 11 is 1.72. The van der Waals surface area contributed by atoms with Gasteiger partial charge in [0.2, 0.25) is 0 Å². The second kappa shape index (κ2) is 5.78. The number of anilines is 2. The second-order valence-corrected chi connectivity index (χ2v) is 5.08. The first-order valence-electron chi connectivity index (χ1n) is 5.90. The van der Waals surface area contributed by atoms with E-state index in [9.17, 15) is 0 Å². The maximum Gasteiger partial charge on any atom is 0.143 e. The molecule has 0 aliphatic rings. The van der Waals surface area contributed by atoms with Gasteiger partial charge in [-0.15, -0.1) is 0 Å². The first-order valence-corrected chi connectivity index (χ1v) is 6.85. The standard InChI is InChI=1S/C14H18N2OS/c1-10(8-11-6-7-18-9-11)16-12-4-3-5-13(17-2)14(12)15/h3-7,9-10,16H,8,15H2,1-2H3. The van der Waals surface area contributed by atoms with E-state index in [0.29, 0.717) is 17.5 Å². The minimum atomic E-state index is 0.328. The van der Waals surface area contributed by atoms with Crippen LogP contribution in [-0.2, 0) is 6.42 Å². The summed E-state index contributed by atoms with van der Waals surface area (Å²) in [6.07, 6.45) is 0.986. The van der Waals surface area contributed by atoms with Crippen LogP contribution in [0.25, 0.3) is 0 Å². The number of hydrogen-bond acceptors (Lipinski definition) is 4. The van der Waals surface area contributed by atoms with Crippen LogP contribution in [0, 0.1) is 0 Å². The summed E-state index contributed by atoms with van der Waals surface area (Å²) in [6.45, 7) is 2.15. The third-order valence-electron chi connectivity index (χ3n) is 2.81. The van der Waals surface area contributed by atoms with E-state index in [0.717, 1.165) is 12.1 Å². The summed E-state index contributed by atoms with van der Waals surface area (Å²) in [6, 6.07) is 8.26. The van der Waals surface area contributed by atoms with E-state index in [-0.39, 0.29) is 0 Å². The minimum absolute atomic E-state index is 0.328. The summed E-state index contributed by atoms with van der Waals surface area (Å²) in [7, 11) is 1.63. The van der Waals surface area contributed by atoms with Crippen LogP contribution < -0.4 is 15.8 Å². The predicted molar refractivity (Wildman–Crippen MR) is 78.5 cm³/mol. The second-order valence-electron chi connectivity index (χ2n) is 4.30. The first kappa shape index (κ1) is 12.8. The fourth-order valence-electron chi connectivity index (χ4n) is 1.93. The zero-order valence-electron chi connectivity index (χ0n) is 10.6. The Hall–Kier alpha value is -1.68. The molecular formula is C14H18N2OS. The number of ether oxygens (including phenoxy) is 1. The highest BCUT2D eigenvalue weighted by atomic mass is 32.1. The Morgan fingerprint density at radius 1 is 1.39 bits per heavy atom. The monoisotopic (exact) mass is 262 g/mol. The molecule has 0 fully saturated rings. The summed E-state index contributed by atoms with van der Waals surface area (Å²) in [4.78, 5) is 0. The summed E-state index contributed by atoms with van der Waals surface area (Å²) in [5.74, 6) is 0.711. The lowest BCUT2D eigenvalue weighted by atomic mass is 10.1. The van der Waals surface area contributed by atoms with Gasteiger partial charge in [-0.25, -0.2) is 0 Å². The molecule has 18 heavy (non-hydrogen) atoms. The highest BCUT2D eigenvalue weighted by Gasteiger charge is 2.09. The molecule has 2 aromatic rings. The van der Waals surface area contributed by atoms with Crippen LogP contribution >= 0.6 is 11.3 Å². The number of rotatable bonds is 5. The van der Waals surface area contributed by atoms with Crippen LogP contribution in [0.5, 0.6) is 5.75 Å². The van der Waals surface area contributed by atoms with Crippen LogP contribution in [0.3, 0.4) is 0 Å². The van der Waals surface area contributed by atoms with Gasteiger partial charge in [0.1, 0.15) is 5.75 Å². The maximum atomic E-state index is 6.03. The molecule has 0 spiro atoms. The number of hydrogen-bond donors (Lipinski definition) is 2. The Bertz CT molecular complexity index is 497. The normalized spacial score (nSPS) is 12.1. The van der Waals surface area contributed by atoms with Gasteiger partial charge in [0.05, 0.1) is 18.5 Å². The van der Waals surface area contributed by atoms with Gasteiger partial charge in [-0.05, 0) is 47.9 Å². The zero-order valence-corrected chi connectivity index (χ0v) is 11.5. The topological polar surface area (TPSA) is 47.3 Å². The molecule has 0 bridgehead atoms. The van der Waals surface area contributed by atoms with Crippen molar-refractivity contribution >= 4 is 22.7 Å². The van der Waals surface area contributed by atoms with E-state index in [4.69, 9.17) is 10.5 Å². The molecule has 3 nitrogen and oxygen atoms in total. The van der Waals surface area contributed by atoms with Gasteiger partial charge in [0.25, 0.3) is 0 Å². The van der Waals surface area contributed by atoms with Gasteiger partial charge in [0, 0.05) is 6.04 Å². The molecule has 3 N–H and O–H groups in total. The van der Waals surface area contributed by atoms with Crippen LogP contribution in [0.15, 0.2) is 35.0 Å². The number of methoxy groups -OCH3 is 1. The lowest BCUT2D eigenvalue weighted by Crippen LogP contribution is -2.18. The Kier molecular flexibility index (Phi) is 4.10. The molecule has 0 aliphatic carbocycles. The SMILES string of the molecule is COc1cccc(NC(C)Cc2ccsc2)c1N. The van der Waals surface area contributed by atoms with Gasteiger partial charge in [-0.1, -0.05) is 6.07 Å². The molecule has 0 radical (unpaired) electrons. The van der Waals surface area contributed by atoms with E-state index in [1.807, 2.05) is 18.2 Å². The van der Waals surface area contributed by atoms with Crippen LogP contribution in [0.1, 0.15) is 12.5 Å². The molecule has 0 saturated carbocycles. The van der Waals surface area contributed by atoms with Gasteiger partial charge >= 0.3 is 0 Å². The number of thiophene rings is 1. The van der Waals surface area contributed by atoms with Crippen molar-refractivity contribution in [1.82, 2.24) is 0 Å². The predicted octanol–water partition coefficient (Wildman–Crippen LogP) is 3.38. The van der Waals surface area contributed by atoms with Crippen LogP contribution in [0.2, 0.25) is 0 Å². The fourth-order valence-corrected chi connectivity index (χ4v) is 2.61. The van der Waals surface area contributed by atoms with Gasteiger partial charge < -0.3 is 15.8 Å². The van der Waals surface area contributed by atoms with Crippen molar-refractivity contribution in [1.29, 1.82) is 0 Å². The van der Waals surface area contributed by atoms with Crippen LogP contribution in [-0.4, -0.2) is 13.2 Å². The highest BCUT2D eigenvalue weighted by Crippen LogP contribution is 2.29. The van der Waals surface area contributed by atoms with Gasteiger partial charge in [0.15, 0.2) is 0 Å². The minimum Gasteiger partial charge on any atom is -0.495 e. The molecule has 1 atom stereocenters. The molecular weight excluding hydrogens is 244 g/mol. The van der Waals surface area contributed by atoms with E-state index in [1.165, 1.54) is 5.56 Å². The quantitative estimate of drug-likeness (QED) is 0.812. The Morgan fingerprint density at radius 2 is 2.22 bits per heavy atom. The molecule has 0 amide bonds. The molecule has 0 saturated heterocycles. The summed E-state index contributed by atoms with van der Waals surface area (Å²) in [5.41, 5.74) is 8.97. The van der Waals surface area contributed by atoms with Crippen molar-refractivity contribution < 1.29 is 4.74 Å². The molecule has 96 valence electrons. The summed E-state index contributed by atoms with van der Waals surface area (Å²) < 4.78 is 5.21. The number of benzene rings is 1. The van der Waals surface area contributed by atoms with Crippen molar-refractivity contribution in [2.45, 2.75) is 19.4 Å². The lowest BCUT2D eigenvalue weighted by molar-refractivity contribution is 0.417. The van der Waals surface area contributed by atoms with Crippen molar-refractivity contribution in [2.24, 2.45) is 0 Å². The first-order chi connectivity index (χ1) is 8.70. The number of nitrogen functional groups attached to an aromatic ring is 1. The maximum absolute atomic E-state index is 6.03. The molecule has 1 aromatic heterocycles. The average Bonchev–Trinajstić information content (AvgIpc) is 2.84.